The van der Waals surface area contributed by atoms with Crippen molar-refractivity contribution in [2.75, 3.05) is 13.1 Å². The third kappa shape index (κ3) is 3.39. The van der Waals surface area contributed by atoms with Crippen molar-refractivity contribution in [2.45, 2.75) is 46.4 Å². The predicted molar refractivity (Wildman–Crippen MR) is 97.5 cm³/mol. The normalized spacial score (nSPS) is 12.0. The fraction of sp³-hybridized carbons (Fsp3) is 0.444. The molecule has 0 N–H and O–H groups in total. The molecule has 0 bridgehead atoms. The van der Waals surface area contributed by atoms with E-state index in [0.717, 1.165) is 11.1 Å². The van der Waals surface area contributed by atoms with Crippen molar-refractivity contribution in [1.82, 2.24) is 14.1 Å². The third-order valence-corrected chi connectivity index (χ3v) is 6.78. The van der Waals surface area contributed by atoms with Crippen LogP contribution in [0, 0.1) is 27.7 Å². The molecular weight excluding hydrogens is 338 g/mol. The van der Waals surface area contributed by atoms with Gasteiger partial charge in [0.25, 0.3) is 5.91 Å². The van der Waals surface area contributed by atoms with E-state index >= 15 is 0 Å². The summed E-state index contributed by atoms with van der Waals surface area (Å²) in [5, 5.41) is 4.22. The molecule has 2 rings (SSSR count). The highest BCUT2D eigenvalue weighted by Gasteiger charge is 2.30. The van der Waals surface area contributed by atoms with E-state index in [1.165, 1.54) is 8.99 Å². The van der Waals surface area contributed by atoms with Crippen molar-refractivity contribution in [2.24, 2.45) is 0 Å². The number of hydrogen-bond acceptors (Lipinski definition) is 4. The molecule has 136 valence electrons. The molecule has 0 radical (unpaired) electrons. The van der Waals surface area contributed by atoms with Crippen molar-refractivity contribution in [3.8, 4) is 0 Å². The number of sulfonamides is 1. The molecule has 25 heavy (non-hydrogen) atoms. The van der Waals surface area contributed by atoms with E-state index < -0.39 is 10.0 Å². The third-order valence-electron chi connectivity index (χ3n) is 4.47. The average Bonchev–Trinajstić information content (AvgIpc) is 2.85. The molecule has 0 amide bonds. The van der Waals surface area contributed by atoms with Gasteiger partial charge in [-0.05, 0) is 51.0 Å². The Balaban J connectivity index is 2.56. The Hall–Kier alpha value is -1.99. The number of carbonyl (C=O) groups excluding carboxylic acids is 1. The monoisotopic (exact) mass is 363 g/mol. The number of rotatable bonds is 5. The highest BCUT2D eigenvalue weighted by Crippen LogP contribution is 2.24. The van der Waals surface area contributed by atoms with Crippen LogP contribution >= 0.6 is 0 Å². The van der Waals surface area contributed by atoms with Crippen LogP contribution in [0.3, 0.4) is 0 Å². The Labute approximate surface area is 149 Å². The lowest BCUT2D eigenvalue weighted by Gasteiger charge is -2.18. The first-order valence-corrected chi connectivity index (χ1v) is 9.77. The van der Waals surface area contributed by atoms with Gasteiger partial charge in [0.2, 0.25) is 10.0 Å². The first kappa shape index (κ1) is 19.3. The lowest BCUT2D eigenvalue weighted by molar-refractivity contribution is 0.0942. The summed E-state index contributed by atoms with van der Waals surface area (Å²) in [6, 6.07) is 5.41. The summed E-state index contributed by atoms with van der Waals surface area (Å²) in [6.07, 6.45) is 0. The quantitative estimate of drug-likeness (QED) is 0.819. The second-order valence-corrected chi connectivity index (χ2v) is 7.98. The highest BCUT2D eigenvalue weighted by molar-refractivity contribution is 7.89. The Morgan fingerprint density at radius 1 is 1.08 bits per heavy atom. The van der Waals surface area contributed by atoms with E-state index in [1.807, 2.05) is 19.9 Å². The van der Waals surface area contributed by atoms with Gasteiger partial charge in [-0.1, -0.05) is 19.9 Å². The van der Waals surface area contributed by atoms with Crippen LogP contribution < -0.4 is 0 Å². The van der Waals surface area contributed by atoms with Gasteiger partial charge in [-0.3, -0.25) is 4.79 Å². The maximum Gasteiger partial charge on any atom is 0.278 e. The molecule has 0 spiro atoms. The Morgan fingerprint density at radius 2 is 1.68 bits per heavy atom. The van der Waals surface area contributed by atoms with Gasteiger partial charge < -0.3 is 0 Å². The smallest absolute Gasteiger partial charge is 0.267 e. The van der Waals surface area contributed by atoms with Crippen molar-refractivity contribution >= 4 is 15.9 Å². The van der Waals surface area contributed by atoms with Gasteiger partial charge in [0.05, 0.1) is 11.4 Å². The Morgan fingerprint density at radius 3 is 2.20 bits per heavy atom. The zero-order valence-electron chi connectivity index (χ0n) is 15.6. The van der Waals surface area contributed by atoms with E-state index in [4.69, 9.17) is 0 Å². The summed E-state index contributed by atoms with van der Waals surface area (Å²) in [5.41, 5.74) is 3.26. The van der Waals surface area contributed by atoms with E-state index in [-0.39, 0.29) is 10.8 Å². The molecule has 0 saturated carbocycles. The number of carbonyl (C=O) groups is 1. The summed E-state index contributed by atoms with van der Waals surface area (Å²) in [4.78, 5) is 12.9. The van der Waals surface area contributed by atoms with Crippen LogP contribution in [0.25, 0.3) is 0 Å². The van der Waals surface area contributed by atoms with E-state index in [9.17, 15) is 13.2 Å². The van der Waals surface area contributed by atoms with Crippen LogP contribution in [0.1, 0.15) is 46.7 Å². The average molecular weight is 363 g/mol. The molecule has 1 aromatic carbocycles. The summed E-state index contributed by atoms with van der Waals surface area (Å²) < 4.78 is 28.3. The van der Waals surface area contributed by atoms with E-state index in [1.54, 1.807) is 39.8 Å². The number of nitrogens with zero attached hydrogens (tertiary/aromatic N) is 3. The number of aromatic nitrogens is 2. The molecule has 0 unspecified atom stereocenters. The van der Waals surface area contributed by atoms with Crippen molar-refractivity contribution in [3.63, 3.8) is 0 Å². The first-order valence-electron chi connectivity index (χ1n) is 8.33. The molecule has 0 saturated heterocycles. The summed E-state index contributed by atoms with van der Waals surface area (Å²) in [7, 11) is -3.67. The van der Waals surface area contributed by atoms with Crippen LogP contribution in [-0.2, 0) is 10.0 Å². The lowest BCUT2D eigenvalue weighted by atomic mass is 10.1. The van der Waals surface area contributed by atoms with Crippen LogP contribution in [0.2, 0.25) is 0 Å². The molecule has 0 aliphatic heterocycles. The second kappa shape index (κ2) is 7.09. The predicted octanol–water partition coefficient (Wildman–Crippen LogP) is 2.84. The zero-order valence-corrected chi connectivity index (χ0v) is 16.4. The molecule has 1 aromatic heterocycles. The fourth-order valence-electron chi connectivity index (χ4n) is 2.89. The molecule has 0 fully saturated rings. The van der Waals surface area contributed by atoms with Gasteiger partial charge in [-0.2, -0.15) is 14.1 Å². The maximum atomic E-state index is 12.9. The van der Waals surface area contributed by atoms with Crippen molar-refractivity contribution < 1.29 is 13.2 Å². The van der Waals surface area contributed by atoms with Crippen LogP contribution in [-0.4, -0.2) is 41.5 Å². The minimum absolute atomic E-state index is 0.119. The maximum absolute atomic E-state index is 12.9. The molecule has 0 aliphatic rings. The summed E-state index contributed by atoms with van der Waals surface area (Å²) >= 11 is 0. The molecular formula is C18H25N3O3S. The molecule has 2 aromatic rings. The van der Waals surface area contributed by atoms with Crippen LogP contribution in [0.5, 0.6) is 0 Å². The zero-order chi connectivity index (χ0) is 18.9. The minimum atomic E-state index is -3.67. The van der Waals surface area contributed by atoms with Crippen LogP contribution in [0.4, 0.5) is 0 Å². The number of hydrogen-bond donors (Lipinski definition) is 0. The fourth-order valence-corrected chi connectivity index (χ4v) is 4.70. The van der Waals surface area contributed by atoms with Gasteiger partial charge in [-0.15, -0.1) is 0 Å². The van der Waals surface area contributed by atoms with Crippen molar-refractivity contribution in [1.29, 1.82) is 0 Å². The Bertz CT molecular complexity index is 910. The SMILES string of the molecule is CCN(CC)S(=O)(=O)c1c(C)nn(C(=O)c2ccc(C)c(C)c2)c1C. The first-order chi connectivity index (χ1) is 11.6. The number of aryl methyl sites for hydroxylation is 3. The van der Waals surface area contributed by atoms with Gasteiger partial charge in [0.1, 0.15) is 4.90 Å². The van der Waals surface area contributed by atoms with Gasteiger partial charge in [-0.25, -0.2) is 8.42 Å². The standard InChI is InChI=1S/C18H25N3O3S/c1-7-20(8-2)25(23,24)17-14(5)19-21(15(17)6)18(22)16-10-9-12(3)13(4)11-16/h9-11H,7-8H2,1-6H3. The van der Waals surface area contributed by atoms with Crippen molar-refractivity contribution in [3.05, 3.63) is 46.3 Å². The molecule has 0 aliphatic carbocycles. The largest absolute Gasteiger partial charge is 0.278 e. The molecule has 0 atom stereocenters. The topological polar surface area (TPSA) is 72.3 Å². The van der Waals surface area contributed by atoms with E-state index in [2.05, 4.69) is 5.10 Å². The van der Waals surface area contributed by atoms with Gasteiger partial charge in [0, 0.05) is 18.7 Å². The Kier molecular flexibility index (Phi) is 5.49. The minimum Gasteiger partial charge on any atom is -0.267 e. The van der Waals surface area contributed by atoms with Crippen LogP contribution in [0.15, 0.2) is 23.1 Å². The molecule has 6 nitrogen and oxygen atoms in total. The summed E-state index contributed by atoms with van der Waals surface area (Å²) in [5.74, 6) is -0.329. The number of benzene rings is 1. The summed E-state index contributed by atoms with van der Waals surface area (Å²) in [6.45, 7) is 11.5. The highest BCUT2D eigenvalue weighted by atomic mass is 32.2. The molecule has 1 heterocycles. The van der Waals surface area contributed by atoms with E-state index in [0.29, 0.717) is 30.0 Å². The van der Waals surface area contributed by atoms with Gasteiger partial charge >= 0.3 is 0 Å². The molecule has 7 heteroatoms. The van der Waals surface area contributed by atoms with Gasteiger partial charge in [0.15, 0.2) is 0 Å². The second-order valence-electron chi connectivity index (χ2n) is 6.11. The lowest BCUT2D eigenvalue weighted by Crippen LogP contribution is -2.31.